The summed E-state index contributed by atoms with van der Waals surface area (Å²) >= 11 is 0. The summed E-state index contributed by atoms with van der Waals surface area (Å²) in [6.45, 7) is 4.36. The lowest BCUT2D eigenvalue weighted by molar-refractivity contribution is -0.124. The van der Waals surface area contributed by atoms with Gasteiger partial charge in [-0.2, -0.15) is 5.26 Å². The van der Waals surface area contributed by atoms with E-state index in [0.717, 1.165) is 29.9 Å². The van der Waals surface area contributed by atoms with Crippen molar-refractivity contribution in [1.29, 1.82) is 5.26 Å². The molecule has 2 heterocycles. The van der Waals surface area contributed by atoms with Gasteiger partial charge in [0.15, 0.2) is 0 Å². The number of amides is 1. The van der Waals surface area contributed by atoms with Crippen molar-refractivity contribution in [1.82, 2.24) is 4.98 Å². The molecule has 1 aliphatic heterocycles. The summed E-state index contributed by atoms with van der Waals surface area (Å²) in [5.41, 5.74) is 4.35. The van der Waals surface area contributed by atoms with Crippen LogP contribution in [0.4, 0.5) is 17.1 Å². The number of hydrogen-bond donors (Lipinski definition) is 2. The van der Waals surface area contributed by atoms with E-state index in [1.807, 2.05) is 44.2 Å². The lowest BCUT2D eigenvalue weighted by Gasteiger charge is -2.13. The zero-order chi connectivity index (χ0) is 17.8. The molecule has 0 aliphatic carbocycles. The van der Waals surface area contributed by atoms with E-state index >= 15 is 0 Å². The molecule has 0 saturated carbocycles. The van der Waals surface area contributed by atoms with Crippen molar-refractivity contribution in [3.05, 3.63) is 47.3 Å². The number of nitrogens with one attached hydrogen (secondary N) is 2. The van der Waals surface area contributed by atoms with Gasteiger partial charge in [0.25, 0.3) is 5.91 Å². The molecule has 6 heteroatoms. The van der Waals surface area contributed by atoms with Crippen LogP contribution in [0.15, 0.2) is 30.3 Å². The molecule has 6 nitrogen and oxygen atoms in total. The molecular formula is C19H20N4O2. The predicted molar refractivity (Wildman–Crippen MR) is 95.8 cm³/mol. The topological polar surface area (TPSA) is 87.0 Å². The first-order chi connectivity index (χ1) is 12.1. The third-order valence-electron chi connectivity index (χ3n) is 4.09. The average Bonchev–Trinajstić information content (AvgIpc) is 3.11. The summed E-state index contributed by atoms with van der Waals surface area (Å²) in [7, 11) is 0. The molecule has 3 rings (SSSR count). The molecule has 2 N–H and O–H groups in total. The van der Waals surface area contributed by atoms with Gasteiger partial charge in [0.05, 0.1) is 16.9 Å². The largest absolute Gasteiger partial charge is 0.368 e. The minimum atomic E-state index is -0.348. The summed E-state index contributed by atoms with van der Waals surface area (Å²) in [6.07, 6.45) is 1.34. The molecule has 2 aromatic rings. The van der Waals surface area contributed by atoms with Crippen molar-refractivity contribution in [2.24, 2.45) is 0 Å². The number of aromatic nitrogens is 1. The number of aryl methyl sites for hydroxylation is 2. The summed E-state index contributed by atoms with van der Waals surface area (Å²) in [5, 5.41) is 15.4. The number of benzene rings is 1. The van der Waals surface area contributed by atoms with Crippen LogP contribution in [-0.4, -0.2) is 23.6 Å². The first kappa shape index (κ1) is 16.9. The maximum absolute atomic E-state index is 12.1. The lowest BCUT2D eigenvalue weighted by atomic mass is 10.1. The fourth-order valence-corrected chi connectivity index (χ4v) is 2.87. The first-order valence-corrected chi connectivity index (χ1v) is 8.24. The standard InChI is InChI=1S/C19H20N4O2/c1-12-10-17(16(11-20)13(2)21-12)22-14-5-7-15(8-6-14)23-19(24)18-4-3-9-25-18/h5-8,10,18H,3-4,9H2,1-2H3,(H,21,22)(H,23,24). The molecule has 25 heavy (non-hydrogen) atoms. The minimum Gasteiger partial charge on any atom is -0.368 e. The number of nitrogens with zero attached hydrogens (tertiary/aromatic N) is 2. The van der Waals surface area contributed by atoms with E-state index in [2.05, 4.69) is 21.7 Å². The molecule has 1 aromatic heterocycles. The molecule has 1 atom stereocenters. The second-order valence-corrected chi connectivity index (χ2v) is 6.08. The Morgan fingerprint density at radius 3 is 2.64 bits per heavy atom. The fraction of sp³-hybridized carbons (Fsp3) is 0.316. The van der Waals surface area contributed by atoms with E-state index in [9.17, 15) is 10.1 Å². The minimum absolute atomic E-state index is 0.106. The second-order valence-electron chi connectivity index (χ2n) is 6.08. The Hall–Kier alpha value is -2.91. The highest BCUT2D eigenvalue weighted by Gasteiger charge is 2.23. The van der Waals surface area contributed by atoms with E-state index < -0.39 is 0 Å². The number of rotatable bonds is 4. The van der Waals surface area contributed by atoms with E-state index in [-0.39, 0.29) is 12.0 Å². The van der Waals surface area contributed by atoms with Crippen LogP contribution in [0.5, 0.6) is 0 Å². The fourth-order valence-electron chi connectivity index (χ4n) is 2.87. The lowest BCUT2D eigenvalue weighted by Crippen LogP contribution is -2.26. The van der Waals surface area contributed by atoms with Gasteiger partial charge < -0.3 is 15.4 Å². The van der Waals surface area contributed by atoms with Gasteiger partial charge in [-0.1, -0.05) is 0 Å². The highest BCUT2D eigenvalue weighted by atomic mass is 16.5. The maximum Gasteiger partial charge on any atom is 0.253 e. The maximum atomic E-state index is 12.1. The normalized spacial score (nSPS) is 16.3. The first-order valence-electron chi connectivity index (χ1n) is 8.24. The number of anilines is 3. The highest BCUT2D eigenvalue weighted by molar-refractivity contribution is 5.94. The molecule has 1 aliphatic rings. The Balaban J connectivity index is 1.71. The van der Waals surface area contributed by atoms with Crippen molar-refractivity contribution in [3.8, 4) is 6.07 Å². The SMILES string of the molecule is Cc1cc(Nc2ccc(NC(=O)C3CCCO3)cc2)c(C#N)c(C)n1. The molecule has 1 amide bonds. The Kier molecular flexibility index (Phi) is 4.96. The molecule has 1 fully saturated rings. The number of pyridine rings is 1. The van der Waals surface area contributed by atoms with Crippen LogP contribution in [-0.2, 0) is 9.53 Å². The van der Waals surface area contributed by atoms with Crippen LogP contribution < -0.4 is 10.6 Å². The predicted octanol–water partition coefficient (Wildman–Crippen LogP) is 3.43. The van der Waals surface area contributed by atoms with E-state index in [1.165, 1.54) is 0 Å². The Morgan fingerprint density at radius 2 is 2.00 bits per heavy atom. The molecular weight excluding hydrogens is 316 g/mol. The third kappa shape index (κ3) is 3.95. The Labute approximate surface area is 146 Å². The second kappa shape index (κ2) is 7.32. The summed E-state index contributed by atoms with van der Waals surface area (Å²) in [5.74, 6) is -0.106. The quantitative estimate of drug-likeness (QED) is 0.893. The van der Waals surface area contributed by atoms with Gasteiger partial charge in [0.1, 0.15) is 12.2 Å². The molecule has 128 valence electrons. The summed E-state index contributed by atoms with van der Waals surface area (Å²) in [6, 6.07) is 11.4. The molecule has 0 spiro atoms. The zero-order valence-corrected chi connectivity index (χ0v) is 14.3. The van der Waals surface area contributed by atoms with Gasteiger partial charge >= 0.3 is 0 Å². The summed E-state index contributed by atoms with van der Waals surface area (Å²) in [4.78, 5) is 16.4. The van der Waals surface area contributed by atoms with Gasteiger partial charge in [0, 0.05) is 23.7 Å². The monoisotopic (exact) mass is 336 g/mol. The smallest absolute Gasteiger partial charge is 0.253 e. The van der Waals surface area contributed by atoms with E-state index in [0.29, 0.717) is 23.6 Å². The van der Waals surface area contributed by atoms with Crippen LogP contribution in [0.1, 0.15) is 29.8 Å². The molecule has 1 unspecified atom stereocenters. The van der Waals surface area contributed by atoms with Crippen molar-refractivity contribution in [2.45, 2.75) is 32.8 Å². The van der Waals surface area contributed by atoms with Crippen molar-refractivity contribution < 1.29 is 9.53 Å². The van der Waals surface area contributed by atoms with Crippen molar-refractivity contribution >= 4 is 23.0 Å². The molecule has 1 saturated heterocycles. The van der Waals surface area contributed by atoms with Gasteiger partial charge in [0.2, 0.25) is 0 Å². The van der Waals surface area contributed by atoms with Crippen molar-refractivity contribution in [2.75, 3.05) is 17.2 Å². The summed E-state index contributed by atoms with van der Waals surface area (Å²) < 4.78 is 5.38. The van der Waals surface area contributed by atoms with Gasteiger partial charge in [-0.05, 0) is 57.0 Å². The van der Waals surface area contributed by atoms with Crippen LogP contribution in [0, 0.1) is 25.2 Å². The van der Waals surface area contributed by atoms with Crippen LogP contribution >= 0.6 is 0 Å². The number of carbonyl (C=O) groups excluding carboxylic acids is 1. The average molecular weight is 336 g/mol. The molecule has 0 radical (unpaired) electrons. The van der Waals surface area contributed by atoms with Crippen LogP contribution in [0.2, 0.25) is 0 Å². The number of carbonyl (C=O) groups is 1. The number of nitriles is 1. The highest BCUT2D eigenvalue weighted by Crippen LogP contribution is 2.24. The van der Waals surface area contributed by atoms with Gasteiger partial charge in [-0.15, -0.1) is 0 Å². The molecule has 1 aromatic carbocycles. The van der Waals surface area contributed by atoms with E-state index in [4.69, 9.17) is 4.74 Å². The van der Waals surface area contributed by atoms with Gasteiger partial charge in [-0.3, -0.25) is 9.78 Å². The van der Waals surface area contributed by atoms with Gasteiger partial charge in [-0.25, -0.2) is 0 Å². The Bertz CT molecular complexity index is 819. The van der Waals surface area contributed by atoms with E-state index in [1.54, 1.807) is 0 Å². The van der Waals surface area contributed by atoms with Crippen LogP contribution in [0.3, 0.4) is 0 Å². The third-order valence-corrected chi connectivity index (χ3v) is 4.09. The zero-order valence-electron chi connectivity index (χ0n) is 14.3. The van der Waals surface area contributed by atoms with Crippen LogP contribution in [0.25, 0.3) is 0 Å². The van der Waals surface area contributed by atoms with Crippen molar-refractivity contribution in [3.63, 3.8) is 0 Å². The number of hydrogen-bond acceptors (Lipinski definition) is 5. The molecule has 0 bridgehead atoms. The Morgan fingerprint density at radius 1 is 1.28 bits per heavy atom. The number of ether oxygens (including phenoxy) is 1.